The molecule has 1 aromatic rings. The van der Waals surface area contributed by atoms with Crippen LogP contribution >= 0.6 is 0 Å². The topological polar surface area (TPSA) is 56.8 Å². The van der Waals surface area contributed by atoms with E-state index in [-0.39, 0.29) is 12.8 Å². The van der Waals surface area contributed by atoms with E-state index in [0.29, 0.717) is 18.0 Å². The zero-order valence-corrected chi connectivity index (χ0v) is 11.1. The Labute approximate surface area is 112 Å². The van der Waals surface area contributed by atoms with Gasteiger partial charge in [-0.05, 0) is 24.6 Å². The Morgan fingerprint density at radius 3 is 2.95 bits per heavy atom. The van der Waals surface area contributed by atoms with Crippen LogP contribution in [0.4, 0.5) is 0 Å². The average Bonchev–Trinajstić information content (AvgIpc) is 2.91. The van der Waals surface area contributed by atoms with E-state index < -0.39 is 5.54 Å². The first-order chi connectivity index (χ1) is 9.11. The van der Waals surface area contributed by atoms with Crippen LogP contribution in [0.1, 0.15) is 12.5 Å². The van der Waals surface area contributed by atoms with Crippen molar-refractivity contribution in [2.75, 3.05) is 20.4 Å². The van der Waals surface area contributed by atoms with E-state index in [4.69, 9.17) is 14.2 Å². The summed E-state index contributed by atoms with van der Waals surface area (Å²) in [5.74, 6) is 0.945. The highest BCUT2D eigenvalue weighted by molar-refractivity contribution is 5.82. The number of hydrogen-bond acceptors (Lipinski definition) is 5. The minimum Gasteiger partial charge on any atom is -0.467 e. The number of fused-ring (bicyclic) bond motifs is 1. The SMILES string of the molecule is C=CCNC(C)(C(=O)OC)c1ccc2c(c1)OCO2. The summed E-state index contributed by atoms with van der Waals surface area (Å²) in [7, 11) is 1.36. The summed E-state index contributed by atoms with van der Waals surface area (Å²) in [6.07, 6.45) is 1.69. The second kappa shape index (κ2) is 5.32. The van der Waals surface area contributed by atoms with E-state index >= 15 is 0 Å². The normalized spacial score (nSPS) is 15.7. The highest BCUT2D eigenvalue weighted by Gasteiger charge is 2.36. The van der Waals surface area contributed by atoms with Crippen LogP contribution in [0.15, 0.2) is 30.9 Å². The van der Waals surface area contributed by atoms with Crippen molar-refractivity contribution >= 4 is 5.97 Å². The highest BCUT2D eigenvalue weighted by atomic mass is 16.7. The Kier molecular flexibility index (Phi) is 3.76. The van der Waals surface area contributed by atoms with Crippen LogP contribution in [0.25, 0.3) is 0 Å². The van der Waals surface area contributed by atoms with Crippen LogP contribution in [0.3, 0.4) is 0 Å². The first kappa shape index (κ1) is 13.4. The fourth-order valence-corrected chi connectivity index (χ4v) is 1.98. The van der Waals surface area contributed by atoms with Crippen LogP contribution < -0.4 is 14.8 Å². The lowest BCUT2D eigenvalue weighted by Crippen LogP contribution is -2.47. The maximum atomic E-state index is 12.0. The quantitative estimate of drug-likeness (QED) is 0.645. The summed E-state index contributed by atoms with van der Waals surface area (Å²) >= 11 is 0. The van der Waals surface area contributed by atoms with Crippen molar-refractivity contribution in [3.05, 3.63) is 36.4 Å². The predicted octanol–water partition coefficient (Wildman–Crippen LogP) is 1.58. The molecule has 19 heavy (non-hydrogen) atoms. The van der Waals surface area contributed by atoms with Gasteiger partial charge in [0.1, 0.15) is 5.54 Å². The fraction of sp³-hybridized carbons (Fsp3) is 0.357. The Bertz CT molecular complexity index is 500. The zero-order chi connectivity index (χ0) is 13.9. The Morgan fingerprint density at radius 1 is 1.53 bits per heavy atom. The summed E-state index contributed by atoms with van der Waals surface area (Å²) in [4.78, 5) is 12.0. The molecule has 0 saturated heterocycles. The molecule has 1 aliphatic heterocycles. The van der Waals surface area contributed by atoms with Crippen LogP contribution in [0.5, 0.6) is 11.5 Å². The summed E-state index contributed by atoms with van der Waals surface area (Å²) in [6.45, 7) is 6.09. The van der Waals surface area contributed by atoms with Gasteiger partial charge in [0, 0.05) is 6.54 Å². The number of benzene rings is 1. The van der Waals surface area contributed by atoms with E-state index in [1.165, 1.54) is 7.11 Å². The van der Waals surface area contributed by atoms with Gasteiger partial charge in [0.05, 0.1) is 7.11 Å². The Hall–Kier alpha value is -2.01. The molecule has 2 rings (SSSR count). The lowest BCUT2D eigenvalue weighted by Gasteiger charge is -2.28. The highest BCUT2D eigenvalue weighted by Crippen LogP contribution is 2.36. The van der Waals surface area contributed by atoms with Crippen molar-refractivity contribution < 1.29 is 19.0 Å². The Morgan fingerprint density at radius 2 is 2.26 bits per heavy atom. The van der Waals surface area contributed by atoms with Gasteiger partial charge >= 0.3 is 5.97 Å². The van der Waals surface area contributed by atoms with E-state index in [1.54, 1.807) is 25.1 Å². The number of esters is 1. The van der Waals surface area contributed by atoms with Gasteiger partial charge in [-0.25, -0.2) is 4.79 Å². The lowest BCUT2D eigenvalue weighted by atomic mass is 9.91. The molecule has 0 bridgehead atoms. The number of nitrogens with one attached hydrogen (secondary N) is 1. The maximum absolute atomic E-state index is 12.0. The molecular weight excluding hydrogens is 246 g/mol. The monoisotopic (exact) mass is 263 g/mol. The zero-order valence-electron chi connectivity index (χ0n) is 11.1. The molecule has 0 aliphatic carbocycles. The van der Waals surface area contributed by atoms with Gasteiger partial charge in [0.15, 0.2) is 11.5 Å². The molecule has 0 amide bonds. The van der Waals surface area contributed by atoms with Crippen LogP contribution in [0, 0.1) is 0 Å². The third-order valence-electron chi connectivity index (χ3n) is 3.14. The van der Waals surface area contributed by atoms with Gasteiger partial charge in [0.2, 0.25) is 6.79 Å². The second-order valence-electron chi connectivity index (χ2n) is 4.35. The van der Waals surface area contributed by atoms with Gasteiger partial charge in [-0.1, -0.05) is 12.1 Å². The predicted molar refractivity (Wildman–Crippen MR) is 70.1 cm³/mol. The number of carbonyl (C=O) groups is 1. The van der Waals surface area contributed by atoms with Crippen molar-refractivity contribution in [3.8, 4) is 11.5 Å². The molecule has 1 unspecified atom stereocenters. The number of ether oxygens (including phenoxy) is 3. The summed E-state index contributed by atoms with van der Waals surface area (Å²) < 4.78 is 15.5. The summed E-state index contributed by atoms with van der Waals surface area (Å²) in [5, 5.41) is 3.12. The molecule has 0 aromatic heterocycles. The summed E-state index contributed by atoms with van der Waals surface area (Å²) in [5.41, 5.74) is -0.199. The molecule has 1 aliphatic rings. The van der Waals surface area contributed by atoms with Crippen LogP contribution in [0.2, 0.25) is 0 Å². The molecule has 0 fully saturated rings. The van der Waals surface area contributed by atoms with Gasteiger partial charge in [-0.3, -0.25) is 5.32 Å². The molecule has 0 saturated carbocycles. The largest absolute Gasteiger partial charge is 0.467 e. The minimum atomic E-state index is -0.954. The lowest BCUT2D eigenvalue weighted by molar-refractivity contribution is -0.148. The molecule has 0 radical (unpaired) electrons. The molecule has 1 atom stereocenters. The van der Waals surface area contributed by atoms with Crippen molar-refractivity contribution in [2.24, 2.45) is 0 Å². The van der Waals surface area contributed by atoms with Gasteiger partial charge < -0.3 is 14.2 Å². The van der Waals surface area contributed by atoms with E-state index in [0.717, 1.165) is 5.56 Å². The van der Waals surface area contributed by atoms with Crippen LogP contribution in [-0.4, -0.2) is 26.4 Å². The standard InChI is InChI=1S/C14H17NO4/c1-4-7-15-14(2,13(16)17-3)10-5-6-11-12(8-10)19-9-18-11/h4-6,8,15H,1,7,9H2,2-3H3. The number of rotatable bonds is 5. The number of hydrogen-bond donors (Lipinski definition) is 1. The first-order valence-corrected chi connectivity index (χ1v) is 5.96. The molecule has 102 valence electrons. The van der Waals surface area contributed by atoms with E-state index in [2.05, 4.69) is 11.9 Å². The van der Waals surface area contributed by atoms with Crippen molar-refractivity contribution in [3.63, 3.8) is 0 Å². The van der Waals surface area contributed by atoms with Crippen molar-refractivity contribution in [2.45, 2.75) is 12.5 Å². The Balaban J connectivity index is 2.37. The second-order valence-corrected chi connectivity index (χ2v) is 4.35. The van der Waals surface area contributed by atoms with Gasteiger partial charge in [-0.2, -0.15) is 0 Å². The molecule has 1 aromatic carbocycles. The maximum Gasteiger partial charge on any atom is 0.330 e. The molecular formula is C14H17NO4. The first-order valence-electron chi connectivity index (χ1n) is 5.96. The third-order valence-corrected chi connectivity index (χ3v) is 3.14. The minimum absolute atomic E-state index is 0.202. The van der Waals surface area contributed by atoms with Gasteiger partial charge in [0.25, 0.3) is 0 Å². The molecule has 1 heterocycles. The van der Waals surface area contributed by atoms with Crippen molar-refractivity contribution in [1.29, 1.82) is 0 Å². The number of carbonyl (C=O) groups excluding carboxylic acids is 1. The van der Waals surface area contributed by atoms with Crippen molar-refractivity contribution in [1.82, 2.24) is 5.32 Å². The molecule has 5 heteroatoms. The van der Waals surface area contributed by atoms with E-state index in [9.17, 15) is 4.79 Å². The van der Waals surface area contributed by atoms with E-state index in [1.807, 2.05) is 6.07 Å². The summed E-state index contributed by atoms with van der Waals surface area (Å²) in [6, 6.07) is 5.39. The smallest absolute Gasteiger partial charge is 0.330 e. The van der Waals surface area contributed by atoms with Gasteiger partial charge in [-0.15, -0.1) is 6.58 Å². The molecule has 5 nitrogen and oxygen atoms in total. The number of methoxy groups -OCH3 is 1. The molecule has 0 spiro atoms. The fourth-order valence-electron chi connectivity index (χ4n) is 1.98. The third kappa shape index (κ3) is 2.42. The average molecular weight is 263 g/mol. The molecule has 1 N–H and O–H groups in total. The van der Waals surface area contributed by atoms with Crippen LogP contribution in [-0.2, 0) is 15.1 Å².